The Labute approximate surface area is 213 Å². The molecule has 0 bridgehead atoms. The number of carbonyl (C=O) groups excluding carboxylic acids is 3. The highest BCUT2D eigenvalue weighted by Crippen LogP contribution is 2.11. The Kier molecular flexibility index (Phi) is 13.6. The third-order valence-corrected chi connectivity index (χ3v) is 5.39. The molecule has 4 atom stereocenters. The van der Waals surface area contributed by atoms with Crippen molar-refractivity contribution >= 4 is 29.7 Å². The van der Waals surface area contributed by atoms with Gasteiger partial charge in [-0.05, 0) is 56.3 Å². The number of rotatable bonds is 17. The van der Waals surface area contributed by atoms with E-state index >= 15 is 0 Å². The number of aliphatic hydroxyl groups is 1. The smallest absolute Gasteiger partial charge is 0.326 e. The molecule has 0 heterocycles. The second kappa shape index (κ2) is 16.1. The number of benzene rings is 1. The van der Waals surface area contributed by atoms with Crippen molar-refractivity contribution in [3.05, 3.63) is 29.8 Å². The number of aromatic hydroxyl groups is 1. The van der Waals surface area contributed by atoms with Crippen LogP contribution in [0.25, 0.3) is 0 Å². The molecular weight excluding hydrogens is 490 g/mol. The summed E-state index contributed by atoms with van der Waals surface area (Å²) in [6, 6.07) is 0.598. The van der Waals surface area contributed by atoms with Gasteiger partial charge in [-0.3, -0.25) is 19.2 Å². The van der Waals surface area contributed by atoms with Gasteiger partial charge in [0, 0.05) is 6.42 Å². The summed E-state index contributed by atoms with van der Waals surface area (Å²) in [6.45, 7) is -0.516. The maximum absolute atomic E-state index is 12.7. The van der Waals surface area contributed by atoms with E-state index in [4.69, 9.17) is 16.6 Å². The van der Waals surface area contributed by atoms with Crippen molar-refractivity contribution in [3.8, 4) is 5.75 Å². The summed E-state index contributed by atoms with van der Waals surface area (Å²) in [6.07, 6.45) is 0.211. The zero-order valence-electron chi connectivity index (χ0n) is 20.3. The maximum Gasteiger partial charge on any atom is 0.326 e. The van der Waals surface area contributed by atoms with Crippen LogP contribution in [0, 0.1) is 0 Å². The highest BCUT2D eigenvalue weighted by atomic mass is 16.4. The van der Waals surface area contributed by atoms with Crippen LogP contribution in [0.15, 0.2) is 24.3 Å². The van der Waals surface area contributed by atoms with Crippen molar-refractivity contribution in [2.24, 2.45) is 11.5 Å². The molecule has 0 aromatic heterocycles. The highest BCUT2D eigenvalue weighted by molar-refractivity contribution is 5.94. The number of hydrogen-bond acceptors (Lipinski definition) is 9. The van der Waals surface area contributed by atoms with E-state index in [1.807, 2.05) is 0 Å². The van der Waals surface area contributed by atoms with Crippen molar-refractivity contribution in [2.45, 2.75) is 62.7 Å². The number of unbranched alkanes of at least 4 members (excludes halogenated alkanes) is 1. The summed E-state index contributed by atoms with van der Waals surface area (Å²) in [7, 11) is 0. The van der Waals surface area contributed by atoms with Gasteiger partial charge in [-0.2, -0.15) is 0 Å². The molecule has 1 aromatic rings. The first-order chi connectivity index (χ1) is 17.5. The molecule has 14 nitrogen and oxygen atoms in total. The Balaban J connectivity index is 2.85. The number of carboxylic acids is 2. The summed E-state index contributed by atoms with van der Waals surface area (Å²) in [5, 5.41) is 44.1. The Morgan fingerprint density at radius 2 is 1.38 bits per heavy atom. The number of carboxylic acid groups (broad SMARTS) is 2. The zero-order chi connectivity index (χ0) is 28.0. The molecule has 11 N–H and O–H groups in total. The Morgan fingerprint density at radius 3 is 1.92 bits per heavy atom. The van der Waals surface area contributed by atoms with Crippen molar-refractivity contribution in [3.63, 3.8) is 0 Å². The normalized spacial score (nSPS) is 14.0. The van der Waals surface area contributed by atoms with Crippen LogP contribution in [0.4, 0.5) is 0 Å². The van der Waals surface area contributed by atoms with Gasteiger partial charge in [0.25, 0.3) is 0 Å². The highest BCUT2D eigenvalue weighted by Gasteiger charge is 2.30. The minimum Gasteiger partial charge on any atom is -0.508 e. The van der Waals surface area contributed by atoms with E-state index in [1.54, 1.807) is 12.1 Å². The molecule has 0 saturated carbocycles. The fourth-order valence-corrected chi connectivity index (χ4v) is 3.28. The van der Waals surface area contributed by atoms with E-state index in [0.717, 1.165) is 0 Å². The van der Waals surface area contributed by atoms with Gasteiger partial charge in [0.15, 0.2) is 0 Å². The molecule has 37 heavy (non-hydrogen) atoms. The predicted molar refractivity (Wildman–Crippen MR) is 130 cm³/mol. The van der Waals surface area contributed by atoms with Crippen LogP contribution in [0.5, 0.6) is 5.75 Å². The molecule has 0 aliphatic heterocycles. The third kappa shape index (κ3) is 11.7. The number of nitrogens with one attached hydrogen (secondary N) is 3. The molecule has 3 amide bonds. The first-order valence-corrected chi connectivity index (χ1v) is 11.7. The number of hydrogen-bond donors (Lipinski definition) is 9. The number of nitrogens with two attached hydrogens (primary N) is 2. The molecule has 0 radical (unpaired) electrons. The molecular formula is C23H35N5O9. The molecule has 0 aliphatic rings. The van der Waals surface area contributed by atoms with E-state index in [2.05, 4.69) is 16.0 Å². The Hall–Kier alpha value is -3.75. The van der Waals surface area contributed by atoms with Crippen molar-refractivity contribution in [1.29, 1.82) is 0 Å². The number of aliphatic carboxylic acids is 2. The molecule has 0 aliphatic carbocycles. The second-order valence-corrected chi connectivity index (χ2v) is 8.40. The van der Waals surface area contributed by atoms with Crippen molar-refractivity contribution < 1.29 is 44.4 Å². The van der Waals surface area contributed by atoms with Gasteiger partial charge in [-0.25, -0.2) is 4.79 Å². The van der Waals surface area contributed by atoms with Crippen LogP contribution in [0.3, 0.4) is 0 Å². The first-order valence-electron chi connectivity index (χ1n) is 11.7. The number of phenols is 1. The summed E-state index contributed by atoms with van der Waals surface area (Å²) in [5.41, 5.74) is 11.9. The minimum atomic E-state index is -1.52. The summed E-state index contributed by atoms with van der Waals surface area (Å²) >= 11 is 0. The molecule has 4 unspecified atom stereocenters. The van der Waals surface area contributed by atoms with Crippen molar-refractivity contribution in [1.82, 2.24) is 16.0 Å². The molecule has 0 spiro atoms. The number of aliphatic hydroxyl groups excluding tert-OH is 1. The zero-order valence-corrected chi connectivity index (χ0v) is 20.3. The summed E-state index contributed by atoms with van der Waals surface area (Å²) < 4.78 is 0. The van der Waals surface area contributed by atoms with E-state index in [9.17, 15) is 39.3 Å². The van der Waals surface area contributed by atoms with E-state index in [-0.39, 0.29) is 25.0 Å². The van der Waals surface area contributed by atoms with Gasteiger partial charge in [0.1, 0.15) is 23.9 Å². The quantitative estimate of drug-likeness (QED) is 0.0985. The SMILES string of the molecule is NCCCCC(NC(=O)C(CCC(=O)O)NC(=O)C(CO)NC(=O)C(N)Cc1ccc(O)cc1)C(=O)O. The average molecular weight is 526 g/mol. The standard InChI is InChI=1S/C23H35N5O9/c24-10-2-1-3-17(23(36)37)27-21(34)16(8-9-19(31)32)26-22(35)18(12-29)28-20(33)15(25)11-13-4-6-14(30)7-5-13/h4-7,15-18,29-30H,1-3,8-12,24-25H2,(H,26,35)(H,27,34)(H,28,33)(H,31,32)(H,36,37). The van der Waals surface area contributed by atoms with Gasteiger partial charge in [-0.1, -0.05) is 12.1 Å². The van der Waals surface area contributed by atoms with Crippen LogP contribution < -0.4 is 27.4 Å². The maximum atomic E-state index is 12.7. The number of carbonyl (C=O) groups is 5. The lowest BCUT2D eigenvalue weighted by molar-refractivity contribution is -0.143. The lowest BCUT2D eigenvalue weighted by Gasteiger charge is -2.24. The predicted octanol–water partition coefficient (Wildman–Crippen LogP) is -2.21. The summed E-state index contributed by atoms with van der Waals surface area (Å²) in [4.78, 5) is 60.4. The van der Waals surface area contributed by atoms with Gasteiger partial charge >= 0.3 is 11.9 Å². The van der Waals surface area contributed by atoms with Gasteiger partial charge in [0.05, 0.1) is 12.6 Å². The van der Waals surface area contributed by atoms with Crippen LogP contribution in [-0.2, 0) is 30.4 Å². The van der Waals surface area contributed by atoms with Crippen LogP contribution >= 0.6 is 0 Å². The Morgan fingerprint density at radius 1 is 0.811 bits per heavy atom. The average Bonchev–Trinajstić information content (AvgIpc) is 2.85. The minimum absolute atomic E-state index is 0.0329. The monoisotopic (exact) mass is 525 g/mol. The molecule has 0 saturated heterocycles. The van der Waals surface area contributed by atoms with Gasteiger partial charge in [0.2, 0.25) is 17.7 Å². The first kappa shape index (κ1) is 31.3. The summed E-state index contributed by atoms with van der Waals surface area (Å²) in [5.74, 6) is -5.23. The molecule has 1 rings (SSSR count). The van der Waals surface area contributed by atoms with Crippen LogP contribution in [0.2, 0.25) is 0 Å². The Bertz CT molecular complexity index is 926. The fraction of sp³-hybridized carbons (Fsp3) is 0.522. The van der Waals surface area contributed by atoms with Crippen LogP contribution in [-0.4, -0.2) is 87.4 Å². The fourth-order valence-electron chi connectivity index (χ4n) is 3.28. The van der Waals surface area contributed by atoms with E-state index < -0.39 is 66.9 Å². The second-order valence-electron chi connectivity index (χ2n) is 8.40. The largest absolute Gasteiger partial charge is 0.508 e. The molecule has 0 fully saturated rings. The number of amides is 3. The molecule has 14 heteroatoms. The topological polar surface area (TPSA) is 254 Å². The van der Waals surface area contributed by atoms with E-state index in [1.165, 1.54) is 12.1 Å². The third-order valence-electron chi connectivity index (χ3n) is 5.39. The van der Waals surface area contributed by atoms with Crippen LogP contribution in [0.1, 0.15) is 37.7 Å². The number of phenolic OH excluding ortho intramolecular Hbond substituents is 1. The van der Waals surface area contributed by atoms with E-state index in [0.29, 0.717) is 24.9 Å². The van der Waals surface area contributed by atoms with Gasteiger partial charge in [-0.15, -0.1) is 0 Å². The lowest BCUT2D eigenvalue weighted by Crippen LogP contribution is -2.58. The van der Waals surface area contributed by atoms with Crippen molar-refractivity contribution in [2.75, 3.05) is 13.2 Å². The molecule has 206 valence electrons. The van der Waals surface area contributed by atoms with Gasteiger partial charge < -0.3 is 47.8 Å². The lowest BCUT2D eigenvalue weighted by atomic mass is 10.1. The molecule has 1 aromatic carbocycles.